The molecule has 1 saturated heterocycles. The quantitative estimate of drug-likeness (QED) is 0.690. The molecule has 0 radical (unpaired) electrons. The summed E-state index contributed by atoms with van der Waals surface area (Å²) in [5, 5.41) is 0. The lowest BCUT2D eigenvalue weighted by atomic mass is 9.99. The number of rotatable bonds is 3. The number of ketones is 1. The van der Waals surface area contributed by atoms with Crippen LogP contribution in [-0.2, 0) is 23.9 Å². The summed E-state index contributed by atoms with van der Waals surface area (Å²) in [6.45, 7) is 3.23. The van der Waals surface area contributed by atoms with Gasteiger partial charge in [-0.15, -0.1) is 0 Å². The zero-order valence-electron chi connectivity index (χ0n) is 11.0. The van der Waals surface area contributed by atoms with Crippen molar-refractivity contribution in [3.05, 3.63) is 11.6 Å². The van der Waals surface area contributed by atoms with Crippen LogP contribution in [0.5, 0.6) is 0 Å². The van der Waals surface area contributed by atoms with E-state index in [4.69, 9.17) is 9.47 Å². The number of ether oxygens (including phenoxy) is 2. The summed E-state index contributed by atoms with van der Waals surface area (Å²) in [5.74, 6) is -0.782. The average Bonchev–Trinajstić information content (AvgIpc) is 2.71. The van der Waals surface area contributed by atoms with Crippen LogP contribution in [0.15, 0.2) is 11.6 Å². The lowest BCUT2D eigenvalue weighted by Gasteiger charge is -2.31. The van der Waals surface area contributed by atoms with Gasteiger partial charge in [-0.1, -0.05) is 6.08 Å². The Bertz CT molecular complexity index is 442. The summed E-state index contributed by atoms with van der Waals surface area (Å²) in [6.07, 6.45) is 2.74. The smallest absolute Gasteiger partial charge is 0.304 e. The van der Waals surface area contributed by atoms with Gasteiger partial charge in [0.25, 0.3) is 0 Å². The highest BCUT2D eigenvalue weighted by Crippen LogP contribution is 2.30. The third-order valence-electron chi connectivity index (χ3n) is 3.36. The highest BCUT2D eigenvalue weighted by molar-refractivity contribution is 6.01. The lowest BCUT2D eigenvalue weighted by molar-refractivity contribution is -0.156. The van der Waals surface area contributed by atoms with Gasteiger partial charge in [-0.05, 0) is 6.42 Å². The maximum absolute atomic E-state index is 12.2. The van der Waals surface area contributed by atoms with Crippen LogP contribution in [0.2, 0.25) is 0 Å². The first kappa shape index (κ1) is 13.7. The van der Waals surface area contributed by atoms with Gasteiger partial charge in [0, 0.05) is 32.4 Å². The van der Waals surface area contributed by atoms with Gasteiger partial charge in [-0.3, -0.25) is 19.3 Å². The number of carbonyl (C=O) groups is 3. The van der Waals surface area contributed by atoms with Gasteiger partial charge in [-0.2, -0.15) is 0 Å². The second kappa shape index (κ2) is 5.52. The largest absolute Gasteiger partial charge is 0.461 e. The number of nitrogens with zero attached hydrogens (tertiary/aromatic N) is 1. The number of Topliss-reactive ketones (excluding diaryl/α,β-unsaturated/α-hetero) is 1. The van der Waals surface area contributed by atoms with E-state index in [9.17, 15) is 14.4 Å². The van der Waals surface area contributed by atoms with Crippen molar-refractivity contribution >= 4 is 17.7 Å². The molecule has 0 aromatic rings. The van der Waals surface area contributed by atoms with Crippen molar-refractivity contribution in [3.8, 4) is 0 Å². The first-order chi connectivity index (χ1) is 8.99. The zero-order valence-corrected chi connectivity index (χ0v) is 11.0. The minimum atomic E-state index is -0.402. The molecule has 0 aliphatic carbocycles. The van der Waals surface area contributed by atoms with E-state index in [1.165, 1.54) is 13.8 Å². The number of hydrogen-bond donors (Lipinski definition) is 0. The van der Waals surface area contributed by atoms with Gasteiger partial charge < -0.3 is 9.47 Å². The Labute approximate surface area is 111 Å². The second-order valence-corrected chi connectivity index (χ2v) is 4.73. The van der Waals surface area contributed by atoms with Gasteiger partial charge >= 0.3 is 11.9 Å². The third kappa shape index (κ3) is 3.01. The van der Waals surface area contributed by atoms with Crippen LogP contribution in [-0.4, -0.2) is 48.0 Å². The van der Waals surface area contributed by atoms with E-state index >= 15 is 0 Å². The van der Waals surface area contributed by atoms with Crippen LogP contribution in [0.4, 0.5) is 0 Å². The Balaban J connectivity index is 2.02. The van der Waals surface area contributed by atoms with Crippen LogP contribution in [0.1, 0.15) is 26.7 Å². The molecule has 0 spiro atoms. The molecule has 1 fully saturated rings. The molecule has 0 saturated carbocycles. The van der Waals surface area contributed by atoms with Gasteiger partial charge in [0.05, 0.1) is 6.04 Å². The van der Waals surface area contributed by atoms with Crippen LogP contribution >= 0.6 is 0 Å². The highest BCUT2D eigenvalue weighted by atomic mass is 16.6. The van der Waals surface area contributed by atoms with E-state index < -0.39 is 5.97 Å². The van der Waals surface area contributed by atoms with Crippen molar-refractivity contribution in [2.75, 3.05) is 13.2 Å². The molecule has 0 N–H and O–H groups in total. The minimum absolute atomic E-state index is 0.0245. The molecule has 2 aliphatic rings. The van der Waals surface area contributed by atoms with E-state index in [2.05, 4.69) is 0 Å². The molecule has 2 heterocycles. The number of fused-ring (bicyclic) bond motifs is 1. The van der Waals surface area contributed by atoms with Gasteiger partial charge in [-0.25, -0.2) is 0 Å². The standard InChI is InChI=1S/C13H17NO5/c1-8(15)18-7-10-5-6-14-11(13(10)17)3-4-12(14)19-9(2)16/h5,11-12H,3-4,6-7H2,1-2H3. The molecule has 19 heavy (non-hydrogen) atoms. The molecule has 104 valence electrons. The van der Waals surface area contributed by atoms with Crippen molar-refractivity contribution in [1.82, 2.24) is 4.90 Å². The molecule has 0 amide bonds. The first-order valence-corrected chi connectivity index (χ1v) is 6.28. The van der Waals surface area contributed by atoms with E-state index in [0.29, 0.717) is 25.0 Å². The lowest BCUT2D eigenvalue weighted by Crippen LogP contribution is -2.46. The topological polar surface area (TPSA) is 72.9 Å². The van der Waals surface area contributed by atoms with Crippen molar-refractivity contribution in [1.29, 1.82) is 0 Å². The normalized spacial score (nSPS) is 26.6. The summed E-state index contributed by atoms with van der Waals surface area (Å²) in [7, 11) is 0. The molecule has 0 aromatic heterocycles. The fraction of sp³-hybridized carbons (Fsp3) is 0.615. The molecule has 0 bridgehead atoms. The van der Waals surface area contributed by atoms with E-state index in [1.807, 2.05) is 4.90 Å². The SMILES string of the molecule is CC(=O)OCC1=CCN2C(OC(C)=O)CCC2C1=O. The number of carbonyl (C=O) groups excluding carboxylic acids is 3. The molecule has 0 aromatic carbocycles. The Kier molecular flexibility index (Phi) is 3.99. The Hall–Kier alpha value is -1.69. The molecule has 2 unspecified atom stereocenters. The van der Waals surface area contributed by atoms with Crippen LogP contribution < -0.4 is 0 Å². The average molecular weight is 267 g/mol. The van der Waals surface area contributed by atoms with Crippen molar-refractivity contribution in [2.24, 2.45) is 0 Å². The molecule has 2 aliphatic heterocycles. The second-order valence-electron chi connectivity index (χ2n) is 4.73. The summed E-state index contributed by atoms with van der Waals surface area (Å²) < 4.78 is 10.0. The highest BCUT2D eigenvalue weighted by Gasteiger charge is 2.42. The zero-order chi connectivity index (χ0) is 14.0. The van der Waals surface area contributed by atoms with Crippen LogP contribution in [0.25, 0.3) is 0 Å². The maximum atomic E-state index is 12.2. The molecular weight excluding hydrogens is 250 g/mol. The van der Waals surface area contributed by atoms with Gasteiger partial charge in [0.1, 0.15) is 6.61 Å². The molecule has 2 atom stereocenters. The minimum Gasteiger partial charge on any atom is -0.461 e. The first-order valence-electron chi connectivity index (χ1n) is 6.28. The molecule has 6 heteroatoms. The number of esters is 2. The van der Waals surface area contributed by atoms with Crippen molar-refractivity contribution in [3.63, 3.8) is 0 Å². The van der Waals surface area contributed by atoms with E-state index in [-0.39, 0.29) is 30.6 Å². The van der Waals surface area contributed by atoms with E-state index in [1.54, 1.807) is 6.08 Å². The fourth-order valence-corrected chi connectivity index (χ4v) is 2.52. The van der Waals surface area contributed by atoms with E-state index in [0.717, 1.165) is 0 Å². The van der Waals surface area contributed by atoms with Crippen molar-refractivity contribution in [2.45, 2.75) is 39.0 Å². The fourth-order valence-electron chi connectivity index (χ4n) is 2.52. The van der Waals surface area contributed by atoms with Crippen LogP contribution in [0.3, 0.4) is 0 Å². The Morgan fingerprint density at radius 1 is 1.32 bits per heavy atom. The van der Waals surface area contributed by atoms with Crippen LogP contribution in [0, 0.1) is 0 Å². The summed E-state index contributed by atoms with van der Waals surface area (Å²) >= 11 is 0. The molecular formula is C13H17NO5. The predicted molar refractivity (Wildman–Crippen MR) is 65.0 cm³/mol. The predicted octanol–water partition coefficient (Wildman–Crippen LogP) is 0.412. The van der Waals surface area contributed by atoms with Gasteiger partial charge in [0.2, 0.25) is 0 Å². The van der Waals surface area contributed by atoms with Crippen molar-refractivity contribution < 1.29 is 23.9 Å². The summed E-state index contributed by atoms with van der Waals surface area (Å²) in [6, 6.07) is -0.264. The maximum Gasteiger partial charge on any atom is 0.304 e. The number of hydrogen-bond acceptors (Lipinski definition) is 6. The molecule has 2 rings (SSSR count). The van der Waals surface area contributed by atoms with Gasteiger partial charge in [0.15, 0.2) is 12.0 Å². The third-order valence-corrected chi connectivity index (χ3v) is 3.36. The Morgan fingerprint density at radius 3 is 2.68 bits per heavy atom. The molecule has 6 nitrogen and oxygen atoms in total. The monoisotopic (exact) mass is 267 g/mol. The summed E-state index contributed by atoms with van der Waals surface area (Å²) in [4.78, 5) is 35.8. The Morgan fingerprint density at radius 2 is 2.05 bits per heavy atom. The summed E-state index contributed by atoms with van der Waals surface area (Å²) in [5.41, 5.74) is 0.528.